The zero-order chi connectivity index (χ0) is 30.1. The second-order valence-electron chi connectivity index (χ2n) is 10.8. The highest BCUT2D eigenvalue weighted by Gasteiger charge is 2.29. The predicted octanol–water partition coefficient (Wildman–Crippen LogP) is 3.60. The average Bonchev–Trinajstić information content (AvgIpc) is 3.23. The quantitative estimate of drug-likeness (QED) is 0.242. The third kappa shape index (κ3) is 5.82. The van der Waals surface area contributed by atoms with Crippen molar-refractivity contribution < 1.29 is 24.2 Å². The first-order valence-electron chi connectivity index (χ1n) is 14.0. The molecule has 0 aliphatic carbocycles. The van der Waals surface area contributed by atoms with Crippen molar-refractivity contribution in [1.82, 2.24) is 25.3 Å². The molecule has 1 atom stereocenters. The number of hydrogen-bond acceptors (Lipinski definition) is 7. The summed E-state index contributed by atoms with van der Waals surface area (Å²) < 4.78 is 17.0. The van der Waals surface area contributed by atoms with E-state index in [0.29, 0.717) is 37.3 Å². The molecule has 0 bridgehead atoms. The van der Waals surface area contributed by atoms with Gasteiger partial charge in [0.15, 0.2) is 0 Å². The van der Waals surface area contributed by atoms with Crippen molar-refractivity contribution in [3.63, 3.8) is 0 Å². The minimum absolute atomic E-state index is 0.0503. The molecule has 3 heterocycles. The van der Waals surface area contributed by atoms with Crippen molar-refractivity contribution in [2.45, 2.75) is 25.6 Å². The number of anilines is 3. The Morgan fingerprint density at radius 3 is 2.67 bits per heavy atom. The Hall–Kier alpha value is -5.10. The molecule has 6 rings (SSSR count). The lowest BCUT2D eigenvalue weighted by Crippen LogP contribution is -2.57. The molecule has 5 N–H and O–H groups in total. The number of phenols is 2. The van der Waals surface area contributed by atoms with E-state index in [-0.39, 0.29) is 53.7 Å². The van der Waals surface area contributed by atoms with Crippen LogP contribution in [0.5, 0.6) is 11.5 Å². The third-order valence-corrected chi connectivity index (χ3v) is 7.81. The standard InChI is InChI=1S/C31H32FN7O4/c1-37-29-22(16-35-37)18-39(28-5-3-2-4-27(28)36-29)30(42)20-6-7-21(26(32)13-20)15-34-31(43)38-9-8-33-17-23(38)10-19-11-24(40)14-25(41)12-19/h2-7,11-14,16,23,33,36,40-41H,8-10,15,17-18H2,1H3,(H,34,43). The van der Waals surface area contributed by atoms with Gasteiger partial charge in [-0.05, 0) is 48.4 Å². The maximum Gasteiger partial charge on any atom is 0.318 e. The molecule has 1 fully saturated rings. The van der Waals surface area contributed by atoms with E-state index in [0.717, 1.165) is 17.1 Å². The Balaban J connectivity index is 1.15. The van der Waals surface area contributed by atoms with E-state index in [4.69, 9.17) is 0 Å². The Bertz CT molecular complexity index is 1670. The molecular formula is C31H32FN7O4. The first-order valence-corrected chi connectivity index (χ1v) is 14.0. The van der Waals surface area contributed by atoms with Crippen LogP contribution in [-0.2, 0) is 26.6 Å². The van der Waals surface area contributed by atoms with E-state index in [1.807, 2.05) is 31.3 Å². The highest BCUT2D eigenvalue weighted by Crippen LogP contribution is 2.36. The molecule has 4 aromatic rings. The fraction of sp³-hybridized carbons (Fsp3) is 0.258. The number of nitrogens with one attached hydrogen (secondary N) is 3. The van der Waals surface area contributed by atoms with Gasteiger partial charge in [-0.2, -0.15) is 5.10 Å². The Labute approximate surface area is 247 Å². The van der Waals surface area contributed by atoms with Crippen LogP contribution in [0.4, 0.5) is 26.4 Å². The van der Waals surface area contributed by atoms with E-state index >= 15 is 4.39 Å². The predicted molar refractivity (Wildman–Crippen MR) is 159 cm³/mol. The number of carbonyl (C=O) groups is 2. The number of nitrogens with zero attached hydrogens (tertiary/aromatic N) is 4. The van der Waals surface area contributed by atoms with Gasteiger partial charge >= 0.3 is 6.03 Å². The molecule has 1 aromatic heterocycles. The number of urea groups is 1. The highest BCUT2D eigenvalue weighted by atomic mass is 19.1. The van der Waals surface area contributed by atoms with Gasteiger partial charge in [-0.25, -0.2) is 9.18 Å². The van der Waals surface area contributed by atoms with Crippen LogP contribution in [0.25, 0.3) is 0 Å². The zero-order valence-electron chi connectivity index (χ0n) is 23.5. The van der Waals surface area contributed by atoms with Gasteiger partial charge in [-0.15, -0.1) is 0 Å². The van der Waals surface area contributed by atoms with Crippen molar-refractivity contribution in [3.05, 3.63) is 94.9 Å². The monoisotopic (exact) mass is 585 g/mol. The van der Waals surface area contributed by atoms with Crippen LogP contribution < -0.4 is 20.9 Å². The lowest BCUT2D eigenvalue weighted by Gasteiger charge is -2.36. The van der Waals surface area contributed by atoms with Crippen LogP contribution in [0.15, 0.2) is 66.9 Å². The fourth-order valence-corrected chi connectivity index (χ4v) is 5.65. The van der Waals surface area contributed by atoms with Crippen LogP contribution in [0.3, 0.4) is 0 Å². The number of piperazine rings is 1. The van der Waals surface area contributed by atoms with Crippen molar-refractivity contribution in [2.24, 2.45) is 7.05 Å². The molecule has 2 aliphatic heterocycles. The number of aromatic hydroxyl groups is 2. The van der Waals surface area contributed by atoms with Crippen molar-refractivity contribution >= 4 is 29.1 Å². The van der Waals surface area contributed by atoms with E-state index in [2.05, 4.69) is 21.0 Å². The van der Waals surface area contributed by atoms with Gasteiger partial charge in [0.25, 0.3) is 5.91 Å². The summed E-state index contributed by atoms with van der Waals surface area (Å²) in [5.41, 5.74) is 3.38. The van der Waals surface area contributed by atoms with Crippen LogP contribution in [0.1, 0.15) is 27.0 Å². The van der Waals surface area contributed by atoms with Gasteiger partial charge < -0.3 is 36.0 Å². The van der Waals surface area contributed by atoms with E-state index in [9.17, 15) is 19.8 Å². The average molecular weight is 586 g/mol. The molecule has 3 aromatic carbocycles. The molecule has 43 heavy (non-hydrogen) atoms. The summed E-state index contributed by atoms with van der Waals surface area (Å²) in [6, 6.07) is 15.5. The summed E-state index contributed by atoms with van der Waals surface area (Å²) in [6.45, 7) is 1.79. The molecule has 222 valence electrons. The molecule has 0 spiro atoms. The van der Waals surface area contributed by atoms with Gasteiger partial charge in [-0.1, -0.05) is 18.2 Å². The van der Waals surface area contributed by atoms with Crippen molar-refractivity contribution in [3.8, 4) is 11.5 Å². The summed E-state index contributed by atoms with van der Waals surface area (Å²) in [5.74, 6) is -0.271. The number of fused-ring (bicyclic) bond motifs is 2. The van der Waals surface area contributed by atoms with Crippen molar-refractivity contribution in [2.75, 3.05) is 29.9 Å². The maximum absolute atomic E-state index is 15.3. The Kier molecular flexibility index (Phi) is 7.59. The lowest BCUT2D eigenvalue weighted by atomic mass is 10.0. The number of benzene rings is 3. The van der Waals surface area contributed by atoms with E-state index in [1.165, 1.54) is 18.2 Å². The van der Waals surface area contributed by atoms with Gasteiger partial charge in [0, 0.05) is 62.0 Å². The van der Waals surface area contributed by atoms with Gasteiger partial charge in [-0.3, -0.25) is 9.48 Å². The number of para-hydroxylation sites is 2. The summed E-state index contributed by atoms with van der Waals surface area (Å²) in [4.78, 5) is 30.1. The normalized spacial score (nSPS) is 16.1. The zero-order valence-corrected chi connectivity index (χ0v) is 23.5. The topological polar surface area (TPSA) is 135 Å². The van der Waals surface area contributed by atoms with Crippen molar-refractivity contribution in [1.29, 1.82) is 0 Å². The number of hydrogen-bond donors (Lipinski definition) is 5. The van der Waals surface area contributed by atoms with E-state index < -0.39 is 5.82 Å². The van der Waals surface area contributed by atoms with E-state index in [1.54, 1.807) is 38.9 Å². The largest absolute Gasteiger partial charge is 0.508 e. The summed E-state index contributed by atoms with van der Waals surface area (Å²) in [7, 11) is 1.82. The molecule has 11 nitrogen and oxygen atoms in total. The molecule has 0 saturated carbocycles. The van der Waals surface area contributed by atoms with Crippen LogP contribution >= 0.6 is 0 Å². The lowest BCUT2D eigenvalue weighted by molar-refractivity contribution is 0.0985. The number of rotatable bonds is 5. The first kappa shape index (κ1) is 28.0. The molecule has 2 aliphatic rings. The maximum atomic E-state index is 15.3. The van der Waals surface area contributed by atoms with Gasteiger partial charge in [0.2, 0.25) is 0 Å². The van der Waals surface area contributed by atoms with Crippen LogP contribution in [0, 0.1) is 5.82 Å². The summed E-state index contributed by atoms with van der Waals surface area (Å²) >= 11 is 0. The second-order valence-corrected chi connectivity index (χ2v) is 10.8. The minimum Gasteiger partial charge on any atom is -0.508 e. The molecule has 0 radical (unpaired) electrons. The summed E-state index contributed by atoms with van der Waals surface area (Å²) in [6.07, 6.45) is 2.13. The number of aromatic nitrogens is 2. The Morgan fingerprint density at radius 1 is 1.09 bits per heavy atom. The number of amides is 3. The Morgan fingerprint density at radius 2 is 1.88 bits per heavy atom. The smallest absolute Gasteiger partial charge is 0.318 e. The van der Waals surface area contributed by atoms with Crippen LogP contribution in [-0.4, -0.2) is 62.5 Å². The summed E-state index contributed by atoms with van der Waals surface area (Å²) in [5, 5.41) is 33.4. The van der Waals surface area contributed by atoms with Gasteiger partial charge in [0.05, 0.1) is 24.1 Å². The molecule has 1 saturated heterocycles. The molecule has 12 heteroatoms. The molecule has 3 amide bonds. The first-order chi connectivity index (χ1) is 20.8. The fourth-order valence-electron chi connectivity index (χ4n) is 5.65. The third-order valence-electron chi connectivity index (χ3n) is 7.81. The SMILES string of the molecule is Cn1ncc2c1Nc1ccccc1N(C(=O)c1ccc(CNC(=O)N3CCNCC3Cc3cc(O)cc(O)c3)c(F)c1)C2. The number of phenolic OH excluding ortho intramolecular Hbond substituents is 2. The second kappa shape index (κ2) is 11.6. The van der Waals surface area contributed by atoms with Gasteiger partial charge in [0.1, 0.15) is 23.1 Å². The minimum atomic E-state index is -0.596. The molecular weight excluding hydrogens is 553 g/mol. The number of halogens is 1. The highest BCUT2D eigenvalue weighted by molar-refractivity contribution is 6.08. The number of aryl methyl sites for hydroxylation is 1. The number of carbonyl (C=O) groups excluding carboxylic acids is 2. The molecule has 1 unspecified atom stereocenters. The van der Waals surface area contributed by atoms with Crippen LogP contribution in [0.2, 0.25) is 0 Å².